The van der Waals surface area contributed by atoms with Gasteiger partial charge in [-0.25, -0.2) is 0 Å². The maximum Gasteiger partial charge on any atom is 0.202 e. The summed E-state index contributed by atoms with van der Waals surface area (Å²) >= 11 is 0. The minimum absolute atomic E-state index is 0.106. The van der Waals surface area contributed by atoms with Crippen LogP contribution in [0.15, 0.2) is 30.5 Å². The molecule has 0 bridgehead atoms. The first-order chi connectivity index (χ1) is 9.26. The molecule has 3 N–H and O–H groups in total. The topological polar surface area (TPSA) is 74.7 Å². The lowest BCUT2D eigenvalue weighted by molar-refractivity contribution is -0.184. The minimum Gasteiger partial charge on any atom is -0.463 e. The second-order valence-electron chi connectivity index (χ2n) is 4.81. The quantitative estimate of drug-likeness (QED) is 0.782. The fourth-order valence-electron chi connectivity index (χ4n) is 2.43. The van der Waals surface area contributed by atoms with Crippen molar-refractivity contribution in [2.24, 2.45) is 0 Å². The number of aliphatic hydroxyl groups is 2. The average molecular weight is 263 g/mol. The van der Waals surface area contributed by atoms with E-state index in [2.05, 4.69) is 4.98 Å². The molecule has 0 unspecified atom stereocenters. The first-order valence-corrected chi connectivity index (χ1v) is 6.43. The molecule has 3 atom stereocenters. The summed E-state index contributed by atoms with van der Waals surface area (Å²) in [6, 6.07) is 7.82. The zero-order chi connectivity index (χ0) is 13.2. The van der Waals surface area contributed by atoms with Crippen molar-refractivity contribution in [3.8, 4) is 5.75 Å². The largest absolute Gasteiger partial charge is 0.463 e. The third kappa shape index (κ3) is 2.58. The molecule has 19 heavy (non-hydrogen) atoms. The van der Waals surface area contributed by atoms with Gasteiger partial charge in [0.2, 0.25) is 6.29 Å². The number of aromatic nitrogens is 1. The molecule has 1 saturated heterocycles. The predicted molar refractivity (Wildman–Crippen MR) is 69.9 cm³/mol. The lowest BCUT2D eigenvalue weighted by atomic mass is 10.1. The second kappa shape index (κ2) is 5.21. The van der Waals surface area contributed by atoms with Crippen LogP contribution in [-0.4, -0.2) is 40.3 Å². The molecule has 2 heterocycles. The molecule has 102 valence electrons. The van der Waals surface area contributed by atoms with Crippen LogP contribution in [0.25, 0.3) is 10.9 Å². The fourth-order valence-corrected chi connectivity index (χ4v) is 2.43. The van der Waals surface area contributed by atoms with Crippen LogP contribution in [0.3, 0.4) is 0 Å². The Morgan fingerprint density at radius 3 is 3.00 bits per heavy atom. The molecule has 1 fully saturated rings. The summed E-state index contributed by atoms with van der Waals surface area (Å²) in [5, 5.41) is 19.8. The summed E-state index contributed by atoms with van der Waals surface area (Å²) in [4.78, 5) is 3.12. The van der Waals surface area contributed by atoms with Crippen molar-refractivity contribution in [1.82, 2.24) is 4.98 Å². The van der Waals surface area contributed by atoms with Crippen molar-refractivity contribution in [3.05, 3.63) is 30.5 Å². The third-order valence-corrected chi connectivity index (χ3v) is 3.36. The fraction of sp³-hybridized carbons (Fsp3) is 0.429. The van der Waals surface area contributed by atoms with Crippen LogP contribution in [0.4, 0.5) is 0 Å². The molecular weight excluding hydrogens is 246 g/mol. The first kappa shape index (κ1) is 12.5. The molecule has 5 heteroatoms. The van der Waals surface area contributed by atoms with E-state index in [0.717, 1.165) is 10.9 Å². The maximum absolute atomic E-state index is 9.74. The Morgan fingerprint density at radius 1 is 1.32 bits per heavy atom. The van der Waals surface area contributed by atoms with Crippen LogP contribution in [0.2, 0.25) is 0 Å². The van der Waals surface area contributed by atoms with Crippen LogP contribution < -0.4 is 4.74 Å². The highest BCUT2D eigenvalue weighted by molar-refractivity contribution is 5.85. The molecule has 3 rings (SSSR count). The number of benzene rings is 1. The summed E-state index contributed by atoms with van der Waals surface area (Å²) in [6.07, 6.45) is 1.25. The molecule has 0 radical (unpaired) electrons. The number of para-hydroxylation sites is 1. The smallest absolute Gasteiger partial charge is 0.202 e. The van der Waals surface area contributed by atoms with Gasteiger partial charge in [0.15, 0.2) is 0 Å². The van der Waals surface area contributed by atoms with E-state index in [9.17, 15) is 5.11 Å². The summed E-state index contributed by atoms with van der Waals surface area (Å²) < 4.78 is 11.4. The number of aliphatic hydroxyl groups excluding tert-OH is 2. The average Bonchev–Trinajstić information content (AvgIpc) is 2.82. The van der Waals surface area contributed by atoms with Crippen LogP contribution in [-0.2, 0) is 4.74 Å². The third-order valence-electron chi connectivity index (χ3n) is 3.36. The summed E-state index contributed by atoms with van der Waals surface area (Å²) in [6.45, 7) is -0.106. The highest BCUT2D eigenvalue weighted by Crippen LogP contribution is 2.29. The number of aromatic amines is 1. The Hall–Kier alpha value is -1.56. The molecule has 1 aromatic carbocycles. The molecule has 0 spiro atoms. The highest BCUT2D eigenvalue weighted by atomic mass is 16.7. The summed E-state index contributed by atoms with van der Waals surface area (Å²) in [5.41, 5.74) is 0.993. The Kier molecular flexibility index (Phi) is 3.42. The molecule has 2 aromatic rings. The van der Waals surface area contributed by atoms with Gasteiger partial charge in [0.05, 0.1) is 18.8 Å². The molecule has 1 aliphatic rings. The number of hydrogen-bond acceptors (Lipinski definition) is 4. The zero-order valence-electron chi connectivity index (χ0n) is 10.5. The van der Waals surface area contributed by atoms with Crippen molar-refractivity contribution < 1.29 is 19.7 Å². The van der Waals surface area contributed by atoms with E-state index in [1.165, 1.54) is 0 Å². The van der Waals surface area contributed by atoms with E-state index in [0.29, 0.717) is 18.6 Å². The van der Waals surface area contributed by atoms with Crippen LogP contribution in [0.5, 0.6) is 5.75 Å². The minimum atomic E-state index is -0.528. The SMILES string of the molecule is OC[C@@H]1C[C@H](O)C[C@H](Oc2c[nH]c3ccccc23)O1. The monoisotopic (exact) mass is 263 g/mol. The highest BCUT2D eigenvalue weighted by Gasteiger charge is 2.29. The molecule has 0 aliphatic carbocycles. The lowest BCUT2D eigenvalue weighted by Gasteiger charge is -2.32. The van der Waals surface area contributed by atoms with E-state index in [1.807, 2.05) is 24.3 Å². The van der Waals surface area contributed by atoms with Gasteiger partial charge in [0.25, 0.3) is 0 Å². The van der Waals surface area contributed by atoms with Crippen molar-refractivity contribution in [2.75, 3.05) is 6.61 Å². The van der Waals surface area contributed by atoms with Gasteiger partial charge in [0.1, 0.15) is 5.75 Å². The molecule has 5 nitrogen and oxygen atoms in total. The van der Waals surface area contributed by atoms with Crippen molar-refractivity contribution in [3.63, 3.8) is 0 Å². The number of fused-ring (bicyclic) bond motifs is 1. The van der Waals surface area contributed by atoms with Gasteiger partial charge in [-0.1, -0.05) is 12.1 Å². The zero-order valence-corrected chi connectivity index (χ0v) is 10.5. The van der Waals surface area contributed by atoms with E-state index >= 15 is 0 Å². The summed E-state index contributed by atoms with van der Waals surface area (Å²) in [5.74, 6) is 0.700. The molecule has 0 amide bonds. The van der Waals surface area contributed by atoms with Crippen molar-refractivity contribution in [1.29, 1.82) is 0 Å². The van der Waals surface area contributed by atoms with Gasteiger partial charge in [-0.2, -0.15) is 0 Å². The normalized spacial score (nSPS) is 27.6. The van der Waals surface area contributed by atoms with E-state index < -0.39 is 12.4 Å². The maximum atomic E-state index is 9.74. The Balaban J connectivity index is 1.77. The number of nitrogens with one attached hydrogen (secondary N) is 1. The van der Waals surface area contributed by atoms with E-state index in [-0.39, 0.29) is 12.7 Å². The van der Waals surface area contributed by atoms with Gasteiger partial charge >= 0.3 is 0 Å². The molecular formula is C14H17NO4. The number of rotatable bonds is 3. The van der Waals surface area contributed by atoms with Gasteiger partial charge in [-0.05, 0) is 12.1 Å². The van der Waals surface area contributed by atoms with Crippen LogP contribution >= 0.6 is 0 Å². The van der Waals surface area contributed by atoms with Gasteiger partial charge < -0.3 is 24.7 Å². The van der Waals surface area contributed by atoms with Crippen LogP contribution in [0.1, 0.15) is 12.8 Å². The molecule has 0 saturated carbocycles. The summed E-state index contributed by atoms with van der Waals surface area (Å²) in [7, 11) is 0. The number of ether oxygens (including phenoxy) is 2. The molecule has 1 aliphatic heterocycles. The van der Waals surface area contributed by atoms with Gasteiger partial charge in [-0.15, -0.1) is 0 Å². The predicted octanol–water partition coefficient (Wildman–Crippen LogP) is 1.41. The van der Waals surface area contributed by atoms with Crippen molar-refractivity contribution >= 4 is 10.9 Å². The lowest BCUT2D eigenvalue weighted by Crippen LogP contribution is -2.40. The first-order valence-electron chi connectivity index (χ1n) is 6.43. The van der Waals surface area contributed by atoms with E-state index in [1.54, 1.807) is 6.20 Å². The standard InChI is InChI=1S/C14H17NO4/c16-8-10-5-9(17)6-14(18-10)19-13-7-15-12-4-2-1-3-11(12)13/h1-4,7,9-10,14-17H,5-6,8H2/t9-,10-,14-/m0/s1. The molecule has 1 aromatic heterocycles. The van der Waals surface area contributed by atoms with Gasteiger partial charge in [-0.3, -0.25) is 0 Å². The number of H-pyrrole nitrogens is 1. The Labute approximate surface area is 110 Å². The Bertz CT molecular complexity index is 553. The van der Waals surface area contributed by atoms with Crippen LogP contribution in [0, 0.1) is 0 Å². The Morgan fingerprint density at radius 2 is 2.16 bits per heavy atom. The van der Waals surface area contributed by atoms with Crippen molar-refractivity contribution in [2.45, 2.75) is 31.3 Å². The number of hydrogen-bond donors (Lipinski definition) is 3. The van der Waals surface area contributed by atoms with E-state index in [4.69, 9.17) is 14.6 Å². The second-order valence-corrected chi connectivity index (χ2v) is 4.81. The van der Waals surface area contributed by atoms with Gasteiger partial charge in [0, 0.05) is 29.9 Å².